The highest BCUT2D eigenvalue weighted by Crippen LogP contribution is 2.42. The molecule has 12 nitrogen and oxygen atoms in total. The van der Waals surface area contributed by atoms with Crippen LogP contribution in [0.3, 0.4) is 0 Å². The summed E-state index contributed by atoms with van der Waals surface area (Å²) in [6, 6.07) is 28.4. The van der Waals surface area contributed by atoms with Gasteiger partial charge in [-0.2, -0.15) is 0 Å². The van der Waals surface area contributed by atoms with E-state index in [2.05, 4.69) is 64.9 Å². The van der Waals surface area contributed by atoms with Crippen LogP contribution in [0.1, 0.15) is 93.3 Å². The molecule has 9 rings (SSSR count). The highest BCUT2D eigenvalue weighted by Gasteiger charge is 2.40. The third kappa shape index (κ3) is 8.26. The van der Waals surface area contributed by atoms with Gasteiger partial charge in [-0.05, 0) is 101 Å². The van der Waals surface area contributed by atoms with Crippen LogP contribution in [0.4, 0.5) is 4.79 Å². The summed E-state index contributed by atoms with van der Waals surface area (Å²) in [4.78, 5) is 69.5. The number of rotatable bonds is 11. The van der Waals surface area contributed by atoms with E-state index >= 15 is 0 Å². The molecule has 2 saturated heterocycles. The number of esters is 1. The van der Waals surface area contributed by atoms with Crippen molar-refractivity contribution in [2.75, 3.05) is 27.3 Å². The fraction of sp³-hybridized carbons (Fsp3) is 0.373. The predicted molar refractivity (Wildman–Crippen MR) is 243 cm³/mol. The van der Waals surface area contributed by atoms with Crippen LogP contribution in [0.5, 0.6) is 0 Å². The second kappa shape index (κ2) is 17.7. The number of fused-ring (bicyclic) bond motifs is 3. The monoisotopic (exact) mass is 846 g/mol. The molecular formula is C51H54N6O6. The number of alkyl carbamates (subject to hydrolysis) is 1. The van der Waals surface area contributed by atoms with Crippen LogP contribution >= 0.6 is 0 Å². The van der Waals surface area contributed by atoms with Gasteiger partial charge >= 0.3 is 12.1 Å². The topological polar surface area (TPSA) is 146 Å². The van der Waals surface area contributed by atoms with Crippen molar-refractivity contribution in [2.45, 2.75) is 89.3 Å². The number of aromatic amines is 1. The van der Waals surface area contributed by atoms with Gasteiger partial charge in [0.2, 0.25) is 11.8 Å². The molecule has 4 heterocycles. The van der Waals surface area contributed by atoms with Gasteiger partial charge < -0.3 is 29.6 Å². The third-order valence-electron chi connectivity index (χ3n) is 13.4. The van der Waals surface area contributed by atoms with E-state index in [1.165, 1.54) is 36.5 Å². The van der Waals surface area contributed by atoms with Crippen LogP contribution in [0.2, 0.25) is 0 Å². The molecule has 0 radical (unpaired) electrons. The molecular weight excluding hydrogens is 793 g/mol. The van der Waals surface area contributed by atoms with Gasteiger partial charge in [0, 0.05) is 36.5 Å². The first-order valence-electron chi connectivity index (χ1n) is 22.2. The fourth-order valence-corrected chi connectivity index (χ4v) is 10.0. The lowest BCUT2D eigenvalue weighted by Crippen LogP contribution is -2.51. The van der Waals surface area contributed by atoms with Gasteiger partial charge in [0.05, 0.1) is 50.5 Å². The Morgan fingerprint density at radius 2 is 1.48 bits per heavy atom. The molecule has 63 heavy (non-hydrogen) atoms. The van der Waals surface area contributed by atoms with Crippen molar-refractivity contribution in [1.29, 1.82) is 0 Å². The maximum atomic E-state index is 14.2. The predicted octanol–water partition coefficient (Wildman–Crippen LogP) is 8.78. The van der Waals surface area contributed by atoms with Crippen molar-refractivity contribution >= 4 is 45.9 Å². The number of aliphatic imine (C=N–C) groups is 1. The number of ether oxygens (including phenoxy) is 2. The van der Waals surface area contributed by atoms with Gasteiger partial charge in [0.25, 0.3) is 0 Å². The van der Waals surface area contributed by atoms with E-state index in [0.717, 1.165) is 95.3 Å². The number of likely N-dealkylation sites (tertiary alicyclic amines) is 2. The quantitative estimate of drug-likeness (QED) is 0.126. The van der Waals surface area contributed by atoms with Crippen molar-refractivity contribution in [3.8, 4) is 22.4 Å². The van der Waals surface area contributed by atoms with Crippen molar-refractivity contribution in [2.24, 2.45) is 10.9 Å². The highest BCUT2D eigenvalue weighted by molar-refractivity contribution is 6.06. The van der Waals surface area contributed by atoms with Crippen LogP contribution < -0.4 is 5.32 Å². The second-order valence-electron chi connectivity index (χ2n) is 17.5. The van der Waals surface area contributed by atoms with Crippen LogP contribution in [0, 0.1) is 5.92 Å². The first-order valence-corrected chi connectivity index (χ1v) is 22.2. The van der Waals surface area contributed by atoms with Crippen molar-refractivity contribution < 1.29 is 28.7 Å². The summed E-state index contributed by atoms with van der Waals surface area (Å²) in [7, 11) is 2.66. The van der Waals surface area contributed by atoms with E-state index in [1.54, 1.807) is 0 Å². The summed E-state index contributed by atoms with van der Waals surface area (Å²) in [5, 5.41) is 4.96. The molecule has 3 amide bonds. The minimum absolute atomic E-state index is 0.00902. The molecule has 4 atom stereocenters. The Hall–Kier alpha value is -6.56. The van der Waals surface area contributed by atoms with Gasteiger partial charge in [-0.25, -0.2) is 9.78 Å². The van der Waals surface area contributed by atoms with Gasteiger partial charge in [-0.3, -0.25) is 19.4 Å². The number of methoxy groups -OCH3 is 2. The smallest absolute Gasteiger partial charge is 0.407 e. The van der Waals surface area contributed by atoms with Crippen LogP contribution in [0.25, 0.3) is 38.7 Å². The number of amides is 3. The van der Waals surface area contributed by atoms with Crippen LogP contribution in [0.15, 0.2) is 102 Å². The maximum absolute atomic E-state index is 14.2. The molecule has 1 aromatic heterocycles. The first-order chi connectivity index (χ1) is 30.6. The number of carbonyl (C=O) groups excluding carboxylic acids is 4. The van der Waals surface area contributed by atoms with Crippen LogP contribution in [-0.4, -0.2) is 88.7 Å². The molecule has 2 fully saturated rings. The molecule has 0 spiro atoms. The molecule has 0 saturated carbocycles. The number of benzene rings is 4. The molecule has 324 valence electrons. The number of nitrogens with one attached hydrogen (secondary N) is 2. The normalized spacial score (nSPS) is 19.2. The zero-order valence-corrected chi connectivity index (χ0v) is 36.4. The first kappa shape index (κ1) is 41.8. The number of hydrogen-bond acceptors (Lipinski definition) is 8. The van der Waals surface area contributed by atoms with Crippen molar-refractivity contribution in [1.82, 2.24) is 25.1 Å². The molecule has 2 N–H and O–H groups in total. The molecule has 0 unspecified atom stereocenters. The molecule has 1 aliphatic carbocycles. The van der Waals surface area contributed by atoms with Gasteiger partial charge in [-0.15, -0.1) is 0 Å². The van der Waals surface area contributed by atoms with E-state index < -0.39 is 24.0 Å². The average molecular weight is 847 g/mol. The summed E-state index contributed by atoms with van der Waals surface area (Å²) in [6.45, 7) is 5.07. The number of nitrogens with zero attached hydrogens (tertiary/aromatic N) is 4. The number of hydrogen-bond donors (Lipinski definition) is 2. The Kier molecular flexibility index (Phi) is 11.7. The maximum Gasteiger partial charge on any atom is 0.407 e. The molecule has 5 aromatic rings. The molecule has 3 aliphatic heterocycles. The number of allylic oxidation sites excluding steroid dienone is 2. The largest absolute Gasteiger partial charge is 0.469 e. The lowest BCUT2D eigenvalue weighted by atomic mass is 9.85. The van der Waals surface area contributed by atoms with Gasteiger partial charge in [-0.1, -0.05) is 86.6 Å². The van der Waals surface area contributed by atoms with Crippen molar-refractivity contribution in [3.63, 3.8) is 0 Å². The van der Waals surface area contributed by atoms with E-state index in [4.69, 9.17) is 19.5 Å². The fourth-order valence-electron chi connectivity index (χ4n) is 10.0. The van der Waals surface area contributed by atoms with E-state index in [0.29, 0.717) is 13.1 Å². The van der Waals surface area contributed by atoms with Gasteiger partial charge in [0.1, 0.15) is 11.9 Å². The van der Waals surface area contributed by atoms with E-state index in [1.807, 2.05) is 60.2 Å². The molecule has 4 aromatic carbocycles. The minimum atomic E-state index is -0.686. The standard InChI is InChI=1S/C51H54N6O6/c1-30(2)47(55-51(61)63-4)50(60)57-23-9-13-45(57)48-52-29-43(54-48)37-17-16-33-24-32(14-15-34(33)26-37)35-18-20-38-36(25-35)19-21-41-40(38)27-42(53-41)44-12-8-22-56(44)49(59)39(28-46(58)62-3)31-10-6-5-7-11-31/h5-7,10-11,14-18,20,24-26,29-30,39,44-45,47H,8-9,12-13,19,21-23,27-28H2,1-4H3,(H,52,54)(H,55,61)/t39-,44+,45+,47+/m1/s1. The zero-order chi connectivity index (χ0) is 43.8. The minimum Gasteiger partial charge on any atom is -0.469 e. The lowest BCUT2D eigenvalue weighted by molar-refractivity contribution is -0.144. The summed E-state index contributed by atoms with van der Waals surface area (Å²) in [5.74, 6) is -0.525. The van der Waals surface area contributed by atoms with E-state index in [-0.39, 0.29) is 36.2 Å². The third-order valence-corrected chi connectivity index (χ3v) is 13.4. The number of H-pyrrole nitrogens is 1. The van der Waals surface area contributed by atoms with E-state index in [9.17, 15) is 19.2 Å². The number of aryl methyl sites for hydroxylation is 1. The Balaban J connectivity index is 0.882. The number of carbonyl (C=O) groups is 4. The number of imidazole rings is 1. The Morgan fingerprint density at radius 3 is 2.21 bits per heavy atom. The SMILES string of the molecule is COC(=O)C[C@@H](C(=O)N1CCC[C@H]1C1=NC2=C(C1)c1ccc(-c3ccc4cc(-c5cnc([C@@H]6CCCN6C(=O)[C@@H](NC(=O)OC)C(C)C)[nH]5)ccc4c3)cc1CC2)c1ccccc1. The second-order valence-corrected chi connectivity index (χ2v) is 17.5. The summed E-state index contributed by atoms with van der Waals surface area (Å²) < 4.78 is 9.78. The lowest BCUT2D eigenvalue weighted by Gasteiger charge is -2.30. The van der Waals surface area contributed by atoms with Gasteiger partial charge in [0.15, 0.2) is 0 Å². The molecule has 0 bridgehead atoms. The number of aromatic nitrogens is 2. The Labute approximate surface area is 367 Å². The zero-order valence-electron chi connectivity index (χ0n) is 36.4. The molecule has 4 aliphatic rings. The average Bonchev–Trinajstić information content (AvgIpc) is 4.16. The Morgan fingerprint density at radius 1 is 0.794 bits per heavy atom. The Bertz CT molecular complexity index is 2650. The summed E-state index contributed by atoms with van der Waals surface area (Å²) >= 11 is 0. The highest BCUT2D eigenvalue weighted by atomic mass is 16.5. The summed E-state index contributed by atoms with van der Waals surface area (Å²) in [5.41, 5.74) is 11.0. The van der Waals surface area contributed by atoms with Crippen LogP contribution in [-0.2, 0) is 30.3 Å². The van der Waals surface area contributed by atoms with Crippen molar-refractivity contribution in [3.05, 3.63) is 119 Å². The molecule has 12 heteroatoms. The summed E-state index contributed by atoms with van der Waals surface area (Å²) in [6.07, 6.45) is 7.12.